The summed E-state index contributed by atoms with van der Waals surface area (Å²) in [5, 5.41) is 9.18. The molecule has 0 aliphatic rings. The third-order valence-electron chi connectivity index (χ3n) is 1.88. The Labute approximate surface area is 96.2 Å². The summed E-state index contributed by atoms with van der Waals surface area (Å²) < 4.78 is 18.2. The Balaban J connectivity index is 2.77. The largest absolute Gasteiger partial charge is 0.497 e. The molecule has 0 bridgehead atoms. The Morgan fingerprint density at radius 1 is 1.71 bits per heavy atom. The van der Waals surface area contributed by atoms with Gasteiger partial charge in [-0.25, -0.2) is 19.5 Å². The van der Waals surface area contributed by atoms with Crippen molar-refractivity contribution < 1.29 is 14.2 Å². The summed E-state index contributed by atoms with van der Waals surface area (Å²) in [6.07, 6.45) is 0. The monoisotopic (exact) mass is 242 g/mol. The summed E-state index contributed by atoms with van der Waals surface area (Å²) in [4.78, 5) is 13.6. The van der Waals surface area contributed by atoms with Crippen LogP contribution in [0.1, 0.15) is 5.56 Å². The maximum atomic E-state index is 13.3. The Kier molecular flexibility index (Phi) is 4.21. The molecular formula is C9H11FN4O3. The van der Waals surface area contributed by atoms with Crippen molar-refractivity contribution in [1.29, 1.82) is 0 Å². The first-order chi connectivity index (χ1) is 8.02. The molecule has 0 heterocycles. The number of hydrazine groups is 1. The second-order valence-electron chi connectivity index (χ2n) is 3.03. The molecular weight excluding hydrogens is 231 g/mol. The standard InChI is InChI=1S/C9H11FN4O3/c1-17-7-2-3-8(10)6(4-7)5-12-9(11)13-14(15)16/h2-4H,5H2,1H3,(H3,11,12,13). The molecule has 1 aromatic carbocycles. The highest BCUT2D eigenvalue weighted by molar-refractivity contribution is 5.76. The second-order valence-corrected chi connectivity index (χ2v) is 3.03. The SMILES string of the molecule is COc1ccc(F)c(CN=C(N)N[N+](=O)[O-])c1. The lowest BCUT2D eigenvalue weighted by Gasteiger charge is -2.04. The normalized spacial score (nSPS) is 11.1. The van der Waals surface area contributed by atoms with Crippen LogP contribution >= 0.6 is 0 Å². The molecule has 0 atom stereocenters. The van der Waals surface area contributed by atoms with E-state index in [9.17, 15) is 14.5 Å². The van der Waals surface area contributed by atoms with Crippen molar-refractivity contribution in [3.63, 3.8) is 0 Å². The molecule has 0 aromatic heterocycles. The number of aliphatic imine (C=N–C) groups is 1. The molecule has 0 fully saturated rings. The van der Waals surface area contributed by atoms with E-state index in [-0.39, 0.29) is 12.1 Å². The molecule has 0 saturated carbocycles. The van der Waals surface area contributed by atoms with Crippen molar-refractivity contribution >= 4 is 5.96 Å². The molecule has 1 aromatic rings. The number of nitrogens with two attached hydrogens (primary N) is 1. The first-order valence-electron chi connectivity index (χ1n) is 4.56. The first-order valence-corrected chi connectivity index (χ1v) is 4.56. The molecule has 1 rings (SSSR count). The number of hydrogen-bond acceptors (Lipinski definition) is 4. The van der Waals surface area contributed by atoms with E-state index in [0.29, 0.717) is 5.75 Å². The average molecular weight is 242 g/mol. The molecule has 0 amide bonds. The van der Waals surface area contributed by atoms with Crippen molar-refractivity contribution in [3.8, 4) is 5.75 Å². The summed E-state index contributed by atoms with van der Waals surface area (Å²) in [6, 6.07) is 4.13. The molecule has 17 heavy (non-hydrogen) atoms. The van der Waals surface area contributed by atoms with Gasteiger partial charge in [0.05, 0.1) is 13.7 Å². The van der Waals surface area contributed by atoms with Crippen LogP contribution < -0.4 is 15.9 Å². The predicted octanol–water partition coefficient (Wildman–Crippen LogP) is 0.430. The van der Waals surface area contributed by atoms with Gasteiger partial charge in [0, 0.05) is 5.56 Å². The molecule has 0 spiro atoms. The van der Waals surface area contributed by atoms with Crippen LogP contribution in [-0.2, 0) is 6.54 Å². The fourth-order valence-electron chi connectivity index (χ4n) is 1.10. The average Bonchev–Trinajstić information content (AvgIpc) is 2.27. The Morgan fingerprint density at radius 2 is 2.41 bits per heavy atom. The lowest BCUT2D eigenvalue weighted by molar-refractivity contribution is -0.525. The number of ether oxygens (including phenoxy) is 1. The minimum absolute atomic E-state index is 0.115. The van der Waals surface area contributed by atoms with Crippen molar-refractivity contribution in [2.45, 2.75) is 6.54 Å². The highest BCUT2D eigenvalue weighted by atomic mass is 19.1. The summed E-state index contributed by atoms with van der Waals surface area (Å²) in [5.41, 5.74) is 7.08. The van der Waals surface area contributed by atoms with Crippen molar-refractivity contribution in [2.24, 2.45) is 10.7 Å². The zero-order valence-corrected chi connectivity index (χ0v) is 9.01. The van der Waals surface area contributed by atoms with Crippen molar-refractivity contribution in [2.75, 3.05) is 7.11 Å². The van der Waals surface area contributed by atoms with Crippen LogP contribution in [0.2, 0.25) is 0 Å². The maximum Gasteiger partial charge on any atom is 0.251 e. The zero-order valence-electron chi connectivity index (χ0n) is 9.01. The number of methoxy groups -OCH3 is 1. The minimum Gasteiger partial charge on any atom is -0.497 e. The van der Waals surface area contributed by atoms with Gasteiger partial charge in [0.1, 0.15) is 11.6 Å². The van der Waals surface area contributed by atoms with Crippen molar-refractivity contribution in [3.05, 3.63) is 39.7 Å². The summed E-state index contributed by atoms with van der Waals surface area (Å²) >= 11 is 0. The number of halogens is 1. The summed E-state index contributed by atoms with van der Waals surface area (Å²) in [6.45, 7) is -0.115. The molecule has 0 radical (unpaired) electrons. The number of nitrogens with one attached hydrogen (secondary N) is 1. The van der Waals surface area contributed by atoms with Crippen LogP contribution in [0.3, 0.4) is 0 Å². The molecule has 92 valence electrons. The smallest absolute Gasteiger partial charge is 0.251 e. The molecule has 7 nitrogen and oxygen atoms in total. The third-order valence-corrected chi connectivity index (χ3v) is 1.88. The van der Waals surface area contributed by atoms with Gasteiger partial charge in [0.15, 0.2) is 5.03 Å². The lowest BCUT2D eigenvalue weighted by Crippen LogP contribution is -2.36. The number of guanidine groups is 1. The van der Waals surface area contributed by atoms with Gasteiger partial charge in [-0.05, 0) is 18.2 Å². The fourth-order valence-corrected chi connectivity index (χ4v) is 1.10. The van der Waals surface area contributed by atoms with E-state index in [1.54, 1.807) is 5.43 Å². The Bertz CT molecular complexity index is 450. The van der Waals surface area contributed by atoms with Gasteiger partial charge < -0.3 is 10.5 Å². The van der Waals surface area contributed by atoms with E-state index in [1.165, 1.54) is 25.3 Å². The van der Waals surface area contributed by atoms with E-state index in [2.05, 4.69) is 4.99 Å². The van der Waals surface area contributed by atoms with Crippen molar-refractivity contribution in [1.82, 2.24) is 5.43 Å². The van der Waals surface area contributed by atoms with Crippen LogP contribution in [0.25, 0.3) is 0 Å². The molecule has 0 aliphatic heterocycles. The van der Waals surface area contributed by atoms with Crippen LogP contribution in [0.4, 0.5) is 4.39 Å². The lowest BCUT2D eigenvalue weighted by atomic mass is 10.2. The van der Waals surface area contributed by atoms with Crippen LogP contribution in [-0.4, -0.2) is 18.1 Å². The summed E-state index contributed by atoms with van der Waals surface area (Å²) in [5.74, 6) is -0.405. The first kappa shape index (κ1) is 12.7. The second kappa shape index (κ2) is 5.64. The van der Waals surface area contributed by atoms with Crippen LogP contribution in [0.5, 0.6) is 5.75 Å². The van der Waals surface area contributed by atoms with Crippen LogP contribution in [0, 0.1) is 15.9 Å². The highest BCUT2D eigenvalue weighted by Crippen LogP contribution is 2.17. The van der Waals surface area contributed by atoms with Gasteiger partial charge in [-0.15, -0.1) is 0 Å². The summed E-state index contributed by atoms with van der Waals surface area (Å²) in [7, 11) is 1.45. The zero-order chi connectivity index (χ0) is 12.8. The van der Waals surface area contributed by atoms with Crippen LogP contribution in [0.15, 0.2) is 23.2 Å². The number of benzene rings is 1. The molecule has 0 unspecified atom stereocenters. The van der Waals surface area contributed by atoms with E-state index >= 15 is 0 Å². The molecule has 0 aliphatic carbocycles. The molecule has 0 saturated heterocycles. The minimum atomic E-state index is -0.846. The van der Waals surface area contributed by atoms with Gasteiger partial charge in [0.25, 0.3) is 5.96 Å². The maximum absolute atomic E-state index is 13.3. The van der Waals surface area contributed by atoms with Gasteiger partial charge in [-0.1, -0.05) is 5.43 Å². The van der Waals surface area contributed by atoms with Gasteiger partial charge in [0.2, 0.25) is 0 Å². The highest BCUT2D eigenvalue weighted by Gasteiger charge is 2.05. The van der Waals surface area contributed by atoms with Gasteiger partial charge in [-0.2, -0.15) is 0 Å². The molecule has 8 heteroatoms. The van der Waals surface area contributed by atoms with E-state index in [1.807, 2.05) is 0 Å². The Hall–Kier alpha value is -2.38. The number of rotatable bonds is 4. The number of nitro groups is 1. The number of nitrogens with zero attached hydrogens (tertiary/aromatic N) is 2. The topological polar surface area (TPSA) is 103 Å². The van der Waals surface area contributed by atoms with Gasteiger partial charge in [-0.3, -0.25) is 0 Å². The van der Waals surface area contributed by atoms with Gasteiger partial charge >= 0.3 is 0 Å². The predicted molar refractivity (Wildman–Crippen MR) is 58.4 cm³/mol. The molecule has 3 N–H and O–H groups in total. The Morgan fingerprint density at radius 3 is 3.00 bits per heavy atom. The fraction of sp³-hybridized carbons (Fsp3) is 0.222. The van der Waals surface area contributed by atoms with E-state index in [4.69, 9.17) is 10.5 Å². The van der Waals surface area contributed by atoms with E-state index < -0.39 is 16.8 Å². The van der Waals surface area contributed by atoms with E-state index in [0.717, 1.165) is 0 Å². The third kappa shape index (κ3) is 3.93. The quantitative estimate of drug-likeness (QED) is 0.345. The number of hydrogen-bond donors (Lipinski definition) is 2.